The van der Waals surface area contributed by atoms with Gasteiger partial charge in [-0.2, -0.15) is 0 Å². The maximum Gasteiger partial charge on any atom is 0.239 e. The van der Waals surface area contributed by atoms with Crippen molar-refractivity contribution in [3.63, 3.8) is 0 Å². The van der Waals surface area contributed by atoms with Crippen LogP contribution in [0.15, 0.2) is 24.3 Å². The van der Waals surface area contributed by atoms with E-state index < -0.39 is 21.5 Å². The van der Waals surface area contributed by atoms with Gasteiger partial charge in [-0.3, -0.25) is 4.79 Å². The highest BCUT2D eigenvalue weighted by molar-refractivity contribution is 7.92. The minimum atomic E-state index is -3.41. The van der Waals surface area contributed by atoms with Crippen molar-refractivity contribution in [2.45, 2.75) is 19.8 Å². The van der Waals surface area contributed by atoms with Crippen molar-refractivity contribution >= 4 is 21.4 Å². The highest BCUT2D eigenvalue weighted by atomic mass is 32.2. The molecule has 1 aromatic rings. The first-order valence-corrected chi connectivity index (χ1v) is 7.96. The van der Waals surface area contributed by atoms with Crippen molar-refractivity contribution in [2.75, 3.05) is 23.4 Å². The van der Waals surface area contributed by atoms with Gasteiger partial charge < -0.3 is 11.1 Å². The van der Waals surface area contributed by atoms with Gasteiger partial charge in [0.15, 0.2) is 9.84 Å². The predicted octanol–water partition coefficient (Wildman–Crippen LogP) is 1.12. The van der Waals surface area contributed by atoms with Gasteiger partial charge in [0, 0.05) is 12.2 Å². The van der Waals surface area contributed by atoms with Crippen molar-refractivity contribution < 1.29 is 13.2 Å². The average Bonchev–Trinajstić information content (AvgIpc) is 2.28. The monoisotopic (exact) mass is 284 g/mol. The van der Waals surface area contributed by atoms with Crippen LogP contribution in [0.5, 0.6) is 0 Å². The van der Waals surface area contributed by atoms with Crippen LogP contribution < -0.4 is 11.1 Å². The number of nitrogens with two attached hydrogens (primary N) is 1. The van der Waals surface area contributed by atoms with E-state index in [1.165, 1.54) is 0 Å². The number of amides is 1. The zero-order valence-corrected chi connectivity index (χ0v) is 12.0. The highest BCUT2D eigenvalue weighted by Crippen LogP contribution is 2.17. The summed E-state index contributed by atoms with van der Waals surface area (Å²) in [6.45, 7) is 4.18. The van der Waals surface area contributed by atoms with Gasteiger partial charge in [-0.25, -0.2) is 8.42 Å². The van der Waals surface area contributed by atoms with Crippen molar-refractivity contribution in [2.24, 2.45) is 5.73 Å². The van der Waals surface area contributed by atoms with Crippen LogP contribution >= 0.6 is 0 Å². The van der Waals surface area contributed by atoms with Crippen molar-refractivity contribution in [3.05, 3.63) is 29.8 Å². The van der Waals surface area contributed by atoms with Gasteiger partial charge in [0.2, 0.25) is 5.91 Å². The van der Waals surface area contributed by atoms with Crippen molar-refractivity contribution in [3.8, 4) is 0 Å². The molecule has 0 aliphatic rings. The molecule has 1 amide bonds. The zero-order chi connectivity index (χ0) is 14.5. The molecule has 1 aromatic carbocycles. The molecule has 0 aromatic heterocycles. The van der Waals surface area contributed by atoms with E-state index in [1.807, 2.05) is 12.1 Å². The molecule has 5 nitrogen and oxygen atoms in total. The van der Waals surface area contributed by atoms with E-state index in [2.05, 4.69) is 19.2 Å². The molecule has 0 fully saturated rings. The Kier molecular flexibility index (Phi) is 5.50. The fourth-order valence-electron chi connectivity index (χ4n) is 1.60. The van der Waals surface area contributed by atoms with Crippen molar-refractivity contribution in [1.29, 1.82) is 0 Å². The van der Waals surface area contributed by atoms with E-state index >= 15 is 0 Å². The highest BCUT2D eigenvalue weighted by Gasteiger charge is 2.15. The van der Waals surface area contributed by atoms with Crippen molar-refractivity contribution in [1.82, 2.24) is 0 Å². The first-order chi connectivity index (χ1) is 8.84. The molecule has 3 N–H and O–H groups in total. The molecule has 19 heavy (non-hydrogen) atoms. The SMILES string of the molecule is CC(C)c1ccc(NC(=O)CS(=O)(=O)CCN)cc1. The molecule has 0 aliphatic heterocycles. The van der Waals surface area contributed by atoms with Crippen LogP contribution in [0, 0.1) is 0 Å². The largest absolute Gasteiger partial charge is 0.329 e. The van der Waals surface area contributed by atoms with Crippen LogP contribution in [-0.4, -0.2) is 32.4 Å². The Bertz CT molecular complexity index is 521. The van der Waals surface area contributed by atoms with Crippen LogP contribution in [0.1, 0.15) is 25.3 Å². The molecule has 1 rings (SSSR count). The number of carbonyl (C=O) groups is 1. The lowest BCUT2D eigenvalue weighted by molar-refractivity contribution is -0.113. The topological polar surface area (TPSA) is 89.3 Å². The Morgan fingerprint density at radius 2 is 1.84 bits per heavy atom. The summed E-state index contributed by atoms with van der Waals surface area (Å²) >= 11 is 0. The number of sulfone groups is 1. The van der Waals surface area contributed by atoms with E-state index in [4.69, 9.17) is 5.73 Å². The second kappa shape index (κ2) is 6.68. The maximum atomic E-state index is 11.6. The van der Waals surface area contributed by atoms with Crippen LogP contribution in [0.4, 0.5) is 5.69 Å². The molecule has 0 aliphatic carbocycles. The van der Waals surface area contributed by atoms with Crippen LogP contribution in [0.3, 0.4) is 0 Å². The number of anilines is 1. The summed E-state index contributed by atoms with van der Waals surface area (Å²) in [4.78, 5) is 11.6. The van der Waals surface area contributed by atoms with Gasteiger partial charge in [-0.05, 0) is 23.6 Å². The smallest absolute Gasteiger partial charge is 0.239 e. The number of carbonyl (C=O) groups excluding carboxylic acids is 1. The molecular weight excluding hydrogens is 264 g/mol. The zero-order valence-electron chi connectivity index (χ0n) is 11.2. The summed E-state index contributed by atoms with van der Waals surface area (Å²) < 4.78 is 22.9. The van der Waals surface area contributed by atoms with E-state index in [1.54, 1.807) is 12.1 Å². The molecule has 0 bridgehead atoms. The Labute approximate surface area is 114 Å². The second-order valence-corrected chi connectivity index (χ2v) is 6.89. The second-order valence-electron chi connectivity index (χ2n) is 4.71. The van der Waals surface area contributed by atoms with Gasteiger partial charge in [0.1, 0.15) is 5.75 Å². The number of nitrogens with one attached hydrogen (secondary N) is 1. The fraction of sp³-hybridized carbons (Fsp3) is 0.462. The number of hydrogen-bond acceptors (Lipinski definition) is 4. The Hall–Kier alpha value is -1.40. The quantitative estimate of drug-likeness (QED) is 0.819. The molecule has 106 valence electrons. The number of rotatable bonds is 6. The normalized spacial score (nSPS) is 11.6. The molecule has 0 saturated heterocycles. The number of hydrogen-bond donors (Lipinski definition) is 2. The maximum absolute atomic E-state index is 11.6. The molecule has 0 spiro atoms. The molecular formula is C13H20N2O3S. The molecule has 0 radical (unpaired) electrons. The summed E-state index contributed by atoms with van der Waals surface area (Å²) in [5.74, 6) is -0.830. The summed E-state index contributed by atoms with van der Waals surface area (Å²) in [7, 11) is -3.41. The molecule has 0 unspecified atom stereocenters. The minimum absolute atomic E-state index is 0.0265. The Morgan fingerprint density at radius 1 is 1.26 bits per heavy atom. The third-order valence-corrected chi connectivity index (χ3v) is 4.20. The van der Waals surface area contributed by atoms with Gasteiger partial charge in [-0.15, -0.1) is 0 Å². The lowest BCUT2D eigenvalue weighted by Crippen LogP contribution is -2.27. The molecule has 0 saturated carbocycles. The fourth-order valence-corrected chi connectivity index (χ4v) is 2.57. The minimum Gasteiger partial charge on any atom is -0.329 e. The third kappa shape index (κ3) is 5.40. The van der Waals surface area contributed by atoms with Gasteiger partial charge in [0.25, 0.3) is 0 Å². The third-order valence-electron chi connectivity index (χ3n) is 2.64. The molecule has 0 heterocycles. The first-order valence-electron chi connectivity index (χ1n) is 6.14. The van der Waals surface area contributed by atoms with Gasteiger partial charge >= 0.3 is 0 Å². The van der Waals surface area contributed by atoms with Crippen LogP contribution in [0.2, 0.25) is 0 Å². The summed E-state index contributed by atoms with van der Waals surface area (Å²) in [5, 5.41) is 2.56. The van der Waals surface area contributed by atoms with E-state index in [0.717, 1.165) is 5.56 Å². The summed E-state index contributed by atoms with van der Waals surface area (Å²) in [5.41, 5.74) is 6.93. The molecule has 6 heteroatoms. The average molecular weight is 284 g/mol. The van der Waals surface area contributed by atoms with Crippen LogP contribution in [-0.2, 0) is 14.6 Å². The van der Waals surface area contributed by atoms with E-state index in [-0.39, 0.29) is 12.3 Å². The summed E-state index contributed by atoms with van der Waals surface area (Å²) in [6.07, 6.45) is 0. The Balaban J connectivity index is 2.62. The Morgan fingerprint density at radius 3 is 2.32 bits per heavy atom. The number of benzene rings is 1. The lowest BCUT2D eigenvalue weighted by Gasteiger charge is -2.08. The van der Waals surface area contributed by atoms with Crippen LogP contribution in [0.25, 0.3) is 0 Å². The van der Waals surface area contributed by atoms with Gasteiger partial charge in [0.05, 0.1) is 5.75 Å². The van der Waals surface area contributed by atoms with Gasteiger partial charge in [-0.1, -0.05) is 26.0 Å². The predicted molar refractivity (Wildman–Crippen MR) is 76.9 cm³/mol. The standard InChI is InChI=1S/C13H20N2O3S/c1-10(2)11-3-5-12(6-4-11)15-13(16)9-19(17,18)8-7-14/h3-6,10H,7-9,14H2,1-2H3,(H,15,16). The summed E-state index contributed by atoms with van der Waals surface area (Å²) in [6, 6.07) is 7.36. The van der Waals surface area contributed by atoms with E-state index in [0.29, 0.717) is 11.6 Å². The lowest BCUT2D eigenvalue weighted by atomic mass is 10.0. The molecule has 0 atom stereocenters. The van der Waals surface area contributed by atoms with E-state index in [9.17, 15) is 13.2 Å². The first kappa shape index (κ1) is 15.7.